The molecule has 0 aliphatic carbocycles. The van der Waals surface area contributed by atoms with Crippen molar-refractivity contribution in [1.29, 1.82) is 0 Å². The second-order valence-electron chi connectivity index (χ2n) is 7.65. The van der Waals surface area contributed by atoms with Crippen LogP contribution in [0.15, 0.2) is 0 Å². The lowest BCUT2D eigenvalue weighted by atomic mass is 9.76. The number of fused-ring (bicyclic) bond motifs is 1. The van der Waals surface area contributed by atoms with Gasteiger partial charge in [0.25, 0.3) is 5.91 Å². The van der Waals surface area contributed by atoms with Gasteiger partial charge in [0.1, 0.15) is 5.37 Å². The largest absolute Gasteiger partial charge is 0.466 e. The summed E-state index contributed by atoms with van der Waals surface area (Å²) in [4.78, 5) is 25.1. The Balaban J connectivity index is 1.96. The Morgan fingerprint density at radius 1 is 1.39 bits per heavy atom. The number of ether oxygens (including phenoxy) is 2. The van der Waals surface area contributed by atoms with Crippen molar-refractivity contribution in [2.24, 2.45) is 5.41 Å². The highest BCUT2D eigenvalue weighted by molar-refractivity contribution is 7.98. The van der Waals surface area contributed by atoms with Crippen LogP contribution in [0.3, 0.4) is 0 Å². The van der Waals surface area contributed by atoms with Crippen LogP contribution in [0.1, 0.15) is 66.7 Å². The van der Waals surface area contributed by atoms with Crippen LogP contribution in [0.25, 0.3) is 0 Å². The topological polar surface area (TPSA) is 82.5 Å². The van der Waals surface area contributed by atoms with E-state index in [1.165, 1.54) is 0 Å². The quantitative estimate of drug-likeness (QED) is 0.698. The van der Waals surface area contributed by atoms with Gasteiger partial charge in [-0.15, -0.1) is 11.8 Å². The first-order chi connectivity index (χ1) is 13.5. The van der Waals surface area contributed by atoms with Gasteiger partial charge in [-0.2, -0.15) is 5.10 Å². The van der Waals surface area contributed by atoms with Crippen LogP contribution in [0.5, 0.6) is 0 Å². The second kappa shape index (κ2) is 9.31. The molecule has 8 heteroatoms. The molecule has 1 spiro atoms. The number of hydrogen-bond acceptors (Lipinski definition) is 6. The molecule has 0 saturated carbocycles. The molecule has 3 heterocycles. The molecule has 3 rings (SSSR count). The predicted octanol–water partition coefficient (Wildman–Crippen LogP) is 2.73. The zero-order chi connectivity index (χ0) is 20.1. The fourth-order valence-corrected chi connectivity index (χ4v) is 4.73. The molecule has 1 aromatic rings. The highest BCUT2D eigenvalue weighted by Gasteiger charge is 2.40. The van der Waals surface area contributed by atoms with Gasteiger partial charge < -0.3 is 14.8 Å². The molecule has 1 amide bonds. The predicted molar refractivity (Wildman–Crippen MR) is 109 cm³/mol. The molecule has 1 saturated heterocycles. The van der Waals surface area contributed by atoms with E-state index >= 15 is 0 Å². The lowest BCUT2D eigenvalue weighted by molar-refractivity contribution is -0.144. The molecule has 1 unspecified atom stereocenters. The summed E-state index contributed by atoms with van der Waals surface area (Å²) < 4.78 is 12.8. The summed E-state index contributed by atoms with van der Waals surface area (Å²) in [6.07, 6.45) is 6.31. The molecule has 156 valence electrons. The number of aryl methyl sites for hydroxylation is 1. The standard InChI is InChI=1S/C20H31N3O4S/c1-4-8-27-17(24)11-16(28-3)23-15-12-20(6-9-26-10-7-20)13-21-19(25)18(15)14(5-2)22-23/h16H,4-13H2,1-3H3,(H,21,25). The molecule has 0 radical (unpaired) electrons. The van der Waals surface area contributed by atoms with E-state index in [0.717, 1.165) is 50.3 Å². The number of esters is 1. The molecule has 2 aliphatic heterocycles. The van der Waals surface area contributed by atoms with Gasteiger partial charge in [-0.25, -0.2) is 0 Å². The van der Waals surface area contributed by atoms with Gasteiger partial charge in [0, 0.05) is 19.8 Å². The average molecular weight is 410 g/mol. The Bertz CT molecular complexity index is 713. The van der Waals surface area contributed by atoms with E-state index in [9.17, 15) is 9.59 Å². The van der Waals surface area contributed by atoms with Gasteiger partial charge in [0.05, 0.1) is 30.0 Å². The van der Waals surface area contributed by atoms with Crippen molar-refractivity contribution in [3.05, 3.63) is 17.0 Å². The third-order valence-corrected chi connectivity index (χ3v) is 6.63. The van der Waals surface area contributed by atoms with Crippen LogP contribution in [0, 0.1) is 5.41 Å². The van der Waals surface area contributed by atoms with Crippen molar-refractivity contribution in [3.63, 3.8) is 0 Å². The first-order valence-corrected chi connectivity index (χ1v) is 11.5. The zero-order valence-corrected chi connectivity index (χ0v) is 17.9. The van der Waals surface area contributed by atoms with Gasteiger partial charge in [-0.1, -0.05) is 13.8 Å². The van der Waals surface area contributed by atoms with Gasteiger partial charge in [0.2, 0.25) is 0 Å². The summed E-state index contributed by atoms with van der Waals surface area (Å²) in [6, 6.07) is 0. The van der Waals surface area contributed by atoms with Crippen LogP contribution >= 0.6 is 11.8 Å². The number of hydrogen-bond donors (Lipinski definition) is 1. The fraction of sp³-hybridized carbons (Fsp3) is 0.750. The van der Waals surface area contributed by atoms with E-state index in [-0.39, 0.29) is 29.1 Å². The van der Waals surface area contributed by atoms with E-state index in [0.29, 0.717) is 25.1 Å². The fourth-order valence-electron chi connectivity index (χ4n) is 4.06. The van der Waals surface area contributed by atoms with Gasteiger partial charge >= 0.3 is 5.97 Å². The molecule has 1 atom stereocenters. The Morgan fingerprint density at radius 3 is 2.79 bits per heavy atom. The van der Waals surface area contributed by atoms with Crippen LogP contribution in [0.4, 0.5) is 0 Å². The first-order valence-electron chi connectivity index (χ1n) is 10.2. The SMILES string of the molecule is CCCOC(=O)CC(SC)n1nc(CC)c2c1CC1(CCOCC1)CNC2=O. The second-order valence-corrected chi connectivity index (χ2v) is 8.67. The normalized spacial score (nSPS) is 19.6. The number of nitrogens with one attached hydrogen (secondary N) is 1. The maximum Gasteiger partial charge on any atom is 0.308 e. The van der Waals surface area contributed by atoms with Gasteiger partial charge in [-0.05, 0) is 43.8 Å². The average Bonchev–Trinajstić information content (AvgIpc) is 3.00. The summed E-state index contributed by atoms with van der Waals surface area (Å²) >= 11 is 1.57. The first kappa shape index (κ1) is 21.2. The monoisotopic (exact) mass is 409 g/mol. The highest BCUT2D eigenvalue weighted by atomic mass is 32.2. The Hall–Kier alpha value is -1.54. The van der Waals surface area contributed by atoms with Crippen molar-refractivity contribution in [2.75, 3.05) is 32.6 Å². The zero-order valence-electron chi connectivity index (χ0n) is 17.1. The number of rotatable bonds is 7. The molecular formula is C20H31N3O4S. The molecule has 2 aliphatic rings. The number of thioether (sulfide) groups is 1. The molecule has 1 N–H and O–H groups in total. The van der Waals surface area contributed by atoms with E-state index in [1.54, 1.807) is 11.8 Å². The molecule has 1 aromatic heterocycles. The lowest BCUT2D eigenvalue weighted by Crippen LogP contribution is -2.41. The lowest BCUT2D eigenvalue weighted by Gasteiger charge is -2.36. The van der Waals surface area contributed by atoms with Crippen molar-refractivity contribution < 1.29 is 19.1 Å². The summed E-state index contributed by atoms with van der Waals surface area (Å²) in [5, 5.41) is 7.73. The Morgan fingerprint density at radius 2 is 2.14 bits per heavy atom. The van der Waals surface area contributed by atoms with Crippen LogP contribution in [-0.2, 0) is 27.1 Å². The minimum absolute atomic E-state index is 0.00632. The molecule has 0 bridgehead atoms. The van der Waals surface area contributed by atoms with Crippen molar-refractivity contribution in [2.45, 2.75) is 57.7 Å². The van der Waals surface area contributed by atoms with Crippen LogP contribution < -0.4 is 5.32 Å². The maximum atomic E-state index is 12.9. The highest BCUT2D eigenvalue weighted by Crippen LogP contribution is 2.39. The number of carbonyl (C=O) groups is 2. The van der Waals surface area contributed by atoms with E-state index in [2.05, 4.69) is 5.32 Å². The molecule has 28 heavy (non-hydrogen) atoms. The smallest absolute Gasteiger partial charge is 0.308 e. The number of carbonyl (C=O) groups excluding carboxylic acids is 2. The van der Waals surface area contributed by atoms with Crippen molar-refractivity contribution >= 4 is 23.6 Å². The third kappa shape index (κ3) is 4.38. The number of nitrogens with zero attached hydrogens (tertiary/aromatic N) is 2. The van der Waals surface area contributed by atoms with Crippen LogP contribution in [-0.4, -0.2) is 54.3 Å². The van der Waals surface area contributed by atoms with Crippen LogP contribution in [0.2, 0.25) is 0 Å². The third-order valence-electron chi connectivity index (χ3n) is 5.72. The number of aromatic nitrogens is 2. The van der Waals surface area contributed by atoms with E-state index < -0.39 is 0 Å². The van der Waals surface area contributed by atoms with Gasteiger partial charge in [0.15, 0.2) is 0 Å². The van der Waals surface area contributed by atoms with Gasteiger partial charge in [-0.3, -0.25) is 14.3 Å². The minimum atomic E-state index is -0.220. The molecular weight excluding hydrogens is 378 g/mol. The summed E-state index contributed by atoms with van der Waals surface area (Å²) in [7, 11) is 0. The summed E-state index contributed by atoms with van der Waals surface area (Å²) in [6.45, 7) is 6.52. The summed E-state index contributed by atoms with van der Waals surface area (Å²) in [5.74, 6) is -0.266. The molecule has 0 aromatic carbocycles. The van der Waals surface area contributed by atoms with E-state index in [4.69, 9.17) is 14.6 Å². The Labute approximate surface area is 170 Å². The molecule has 7 nitrogen and oxygen atoms in total. The molecule has 1 fully saturated rings. The summed E-state index contributed by atoms with van der Waals surface area (Å²) in [5.41, 5.74) is 2.45. The van der Waals surface area contributed by atoms with E-state index in [1.807, 2.05) is 24.8 Å². The minimum Gasteiger partial charge on any atom is -0.466 e. The maximum absolute atomic E-state index is 12.9. The van der Waals surface area contributed by atoms with Crippen molar-refractivity contribution in [1.82, 2.24) is 15.1 Å². The number of amides is 1. The van der Waals surface area contributed by atoms with Crippen molar-refractivity contribution in [3.8, 4) is 0 Å². The Kier molecular flexibility index (Phi) is 7.04.